The number of aromatic nitrogens is 1. The van der Waals surface area contributed by atoms with Crippen molar-refractivity contribution in [3.63, 3.8) is 0 Å². The minimum Gasteiger partial charge on any atom is -0.478 e. The summed E-state index contributed by atoms with van der Waals surface area (Å²) < 4.78 is 28.3. The fourth-order valence-electron chi connectivity index (χ4n) is 1.96. The van der Waals surface area contributed by atoms with E-state index in [0.717, 1.165) is 30.3 Å². The number of nitrogens with zero attached hydrogens (tertiary/aromatic N) is 2. The van der Waals surface area contributed by atoms with E-state index in [-0.39, 0.29) is 5.13 Å². The van der Waals surface area contributed by atoms with E-state index in [0.29, 0.717) is 23.9 Å². The topological polar surface area (TPSA) is 99.6 Å². The molecule has 7 nitrogen and oxygen atoms in total. The van der Waals surface area contributed by atoms with Gasteiger partial charge in [0.25, 0.3) is 0 Å². The number of carboxylic acids is 1. The first-order chi connectivity index (χ1) is 9.87. The molecule has 0 unspecified atom stereocenters. The van der Waals surface area contributed by atoms with Gasteiger partial charge in [0.1, 0.15) is 0 Å². The van der Waals surface area contributed by atoms with Gasteiger partial charge in [0.2, 0.25) is 0 Å². The second kappa shape index (κ2) is 6.54. The maximum Gasteiger partial charge on any atom is 0.328 e. The molecule has 0 spiro atoms. The van der Waals surface area contributed by atoms with Crippen molar-refractivity contribution in [2.75, 3.05) is 17.8 Å². The molecule has 116 valence electrons. The summed E-state index contributed by atoms with van der Waals surface area (Å²) in [6.45, 7) is 3.13. The molecule has 1 aromatic rings. The SMILES string of the molecule is CC1CCN(S(=O)(=O)Nc2ncc(C=CC(=O)O)s2)CC1. The van der Waals surface area contributed by atoms with Gasteiger partial charge >= 0.3 is 16.2 Å². The Hall–Kier alpha value is -1.45. The van der Waals surface area contributed by atoms with Crippen LogP contribution in [0.2, 0.25) is 0 Å². The van der Waals surface area contributed by atoms with Crippen LogP contribution in [0.25, 0.3) is 6.08 Å². The molecular weight excluding hydrogens is 314 g/mol. The zero-order valence-corrected chi connectivity index (χ0v) is 13.2. The van der Waals surface area contributed by atoms with Crippen molar-refractivity contribution >= 4 is 38.7 Å². The van der Waals surface area contributed by atoms with Crippen LogP contribution in [0.15, 0.2) is 12.3 Å². The summed E-state index contributed by atoms with van der Waals surface area (Å²) in [4.78, 5) is 14.9. The molecule has 0 aliphatic carbocycles. The Balaban J connectivity index is 2.02. The van der Waals surface area contributed by atoms with E-state index in [1.54, 1.807) is 0 Å². The molecule has 1 aromatic heterocycles. The van der Waals surface area contributed by atoms with Crippen LogP contribution in [0.4, 0.5) is 5.13 Å². The van der Waals surface area contributed by atoms with Gasteiger partial charge < -0.3 is 5.11 Å². The molecule has 0 atom stereocenters. The molecule has 0 saturated carbocycles. The number of rotatable bonds is 5. The van der Waals surface area contributed by atoms with Crippen molar-refractivity contribution in [1.29, 1.82) is 0 Å². The molecule has 1 fully saturated rings. The van der Waals surface area contributed by atoms with Gasteiger partial charge in [0.15, 0.2) is 5.13 Å². The Bertz CT molecular complexity index is 631. The van der Waals surface area contributed by atoms with E-state index in [4.69, 9.17) is 5.11 Å². The second-order valence-corrected chi connectivity index (χ2v) is 7.66. The predicted molar refractivity (Wildman–Crippen MR) is 81.3 cm³/mol. The van der Waals surface area contributed by atoms with Crippen molar-refractivity contribution in [2.45, 2.75) is 19.8 Å². The molecule has 2 heterocycles. The van der Waals surface area contributed by atoms with Gasteiger partial charge in [0, 0.05) is 30.2 Å². The summed E-state index contributed by atoms with van der Waals surface area (Å²) in [6.07, 6.45) is 5.50. The number of thiazole rings is 1. The van der Waals surface area contributed by atoms with Crippen molar-refractivity contribution in [3.05, 3.63) is 17.2 Å². The summed E-state index contributed by atoms with van der Waals surface area (Å²) in [5, 5.41) is 8.77. The van der Waals surface area contributed by atoms with Crippen LogP contribution < -0.4 is 4.72 Å². The van der Waals surface area contributed by atoms with E-state index in [9.17, 15) is 13.2 Å². The lowest BCUT2D eigenvalue weighted by Gasteiger charge is -2.29. The first-order valence-electron chi connectivity index (χ1n) is 6.51. The summed E-state index contributed by atoms with van der Waals surface area (Å²) in [5.74, 6) is -0.517. The molecule has 2 rings (SSSR count). The van der Waals surface area contributed by atoms with Crippen LogP contribution in [0, 0.1) is 5.92 Å². The highest BCUT2D eigenvalue weighted by Crippen LogP contribution is 2.23. The third-order valence-electron chi connectivity index (χ3n) is 3.21. The first-order valence-corrected chi connectivity index (χ1v) is 8.77. The lowest BCUT2D eigenvalue weighted by molar-refractivity contribution is -0.131. The average Bonchev–Trinajstić information content (AvgIpc) is 2.84. The fraction of sp³-hybridized carbons (Fsp3) is 0.500. The number of anilines is 1. The molecule has 1 saturated heterocycles. The van der Waals surface area contributed by atoms with E-state index in [2.05, 4.69) is 16.6 Å². The highest BCUT2D eigenvalue weighted by atomic mass is 32.2. The number of carbonyl (C=O) groups is 1. The van der Waals surface area contributed by atoms with Gasteiger partial charge in [-0.15, -0.1) is 0 Å². The fourth-order valence-corrected chi connectivity index (χ4v) is 4.11. The zero-order chi connectivity index (χ0) is 15.5. The normalized spacial score (nSPS) is 18.1. The molecule has 0 radical (unpaired) electrons. The Morgan fingerprint density at radius 3 is 2.81 bits per heavy atom. The van der Waals surface area contributed by atoms with E-state index < -0.39 is 16.2 Å². The molecular formula is C12H17N3O4S2. The van der Waals surface area contributed by atoms with Gasteiger partial charge in [-0.3, -0.25) is 0 Å². The lowest BCUT2D eigenvalue weighted by atomic mass is 10.0. The van der Waals surface area contributed by atoms with Crippen molar-refractivity contribution in [2.24, 2.45) is 5.92 Å². The molecule has 1 aliphatic rings. The average molecular weight is 331 g/mol. The predicted octanol–water partition coefficient (Wildman–Crippen LogP) is 1.63. The number of hydrogen-bond acceptors (Lipinski definition) is 5. The number of carboxylic acid groups (broad SMARTS) is 1. The van der Waals surface area contributed by atoms with Gasteiger partial charge in [0.05, 0.1) is 0 Å². The third-order valence-corrected chi connectivity index (χ3v) is 5.72. The number of aliphatic carboxylic acids is 1. The standard InChI is InChI=1S/C12H17N3O4S2/c1-9-4-6-15(7-5-9)21(18,19)14-12-13-8-10(20-12)2-3-11(16)17/h2-3,8-9H,4-7H2,1H3,(H,13,14)(H,16,17). The summed E-state index contributed by atoms with van der Waals surface area (Å²) >= 11 is 1.09. The Morgan fingerprint density at radius 1 is 1.52 bits per heavy atom. The largest absolute Gasteiger partial charge is 0.478 e. The summed E-state index contributed by atoms with van der Waals surface area (Å²) in [5.41, 5.74) is 0. The van der Waals surface area contributed by atoms with Crippen LogP contribution in [-0.4, -0.2) is 41.9 Å². The molecule has 0 amide bonds. The van der Waals surface area contributed by atoms with Crippen LogP contribution in [-0.2, 0) is 15.0 Å². The second-order valence-electron chi connectivity index (χ2n) is 4.93. The van der Waals surface area contributed by atoms with Crippen molar-refractivity contribution in [3.8, 4) is 0 Å². The Labute approximate surface area is 127 Å². The highest BCUT2D eigenvalue weighted by molar-refractivity contribution is 7.90. The number of hydrogen-bond donors (Lipinski definition) is 2. The van der Waals surface area contributed by atoms with Crippen molar-refractivity contribution in [1.82, 2.24) is 9.29 Å². The van der Waals surface area contributed by atoms with Crippen LogP contribution in [0.3, 0.4) is 0 Å². The number of piperidine rings is 1. The van der Waals surface area contributed by atoms with Crippen molar-refractivity contribution < 1.29 is 18.3 Å². The minimum absolute atomic E-state index is 0.235. The number of nitrogens with one attached hydrogen (secondary N) is 1. The monoisotopic (exact) mass is 331 g/mol. The van der Waals surface area contributed by atoms with Gasteiger partial charge in [-0.05, 0) is 24.8 Å². The molecule has 21 heavy (non-hydrogen) atoms. The maximum absolute atomic E-state index is 12.2. The summed E-state index contributed by atoms with van der Waals surface area (Å²) in [7, 11) is -3.59. The van der Waals surface area contributed by atoms with E-state index in [1.165, 1.54) is 16.6 Å². The molecule has 0 bridgehead atoms. The van der Waals surface area contributed by atoms with Crippen LogP contribution in [0.1, 0.15) is 24.6 Å². The molecule has 1 aliphatic heterocycles. The van der Waals surface area contributed by atoms with Gasteiger partial charge in [-0.25, -0.2) is 14.5 Å². The van der Waals surface area contributed by atoms with E-state index >= 15 is 0 Å². The molecule has 2 N–H and O–H groups in total. The Kier molecular flexibility index (Phi) is 4.96. The van der Waals surface area contributed by atoms with Crippen LogP contribution >= 0.6 is 11.3 Å². The Morgan fingerprint density at radius 2 is 2.19 bits per heavy atom. The molecule has 0 aromatic carbocycles. The van der Waals surface area contributed by atoms with Gasteiger partial charge in [-0.2, -0.15) is 12.7 Å². The first kappa shape index (κ1) is 15.9. The maximum atomic E-state index is 12.2. The lowest BCUT2D eigenvalue weighted by Crippen LogP contribution is -2.41. The smallest absolute Gasteiger partial charge is 0.328 e. The summed E-state index contributed by atoms with van der Waals surface area (Å²) in [6, 6.07) is 0. The van der Waals surface area contributed by atoms with Crippen LogP contribution in [0.5, 0.6) is 0 Å². The van der Waals surface area contributed by atoms with Gasteiger partial charge in [-0.1, -0.05) is 18.3 Å². The van der Waals surface area contributed by atoms with E-state index in [1.807, 2.05) is 0 Å². The highest BCUT2D eigenvalue weighted by Gasteiger charge is 2.26. The molecule has 9 heteroatoms. The minimum atomic E-state index is -3.59. The quantitative estimate of drug-likeness (QED) is 0.799. The zero-order valence-electron chi connectivity index (χ0n) is 11.5. The third kappa shape index (κ3) is 4.51.